The molecule has 2 aliphatic carbocycles. The van der Waals surface area contributed by atoms with E-state index in [9.17, 15) is 10.2 Å². The lowest BCUT2D eigenvalue weighted by Crippen LogP contribution is -2.67. The molecular weight excluding hydrogens is 178 g/mol. The van der Waals surface area contributed by atoms with Crippen LogP contribution in [0.4, 0.5) is 0 Å². The lowest BCUT2D eigenvalue weighted by molar-refractivity contribution is -0.229. The standard InChI is InChI=1S/C8H15NO2.ClH/c9-6-4-8(11,5-6)7(10)2-1-3-7;/h6,10-11H,1-5,9H2;1H. The smallest absolute Gasteiger partial charge is 0.0962 e. The van der Waals surface area contributed by atoms with Crippen LogP contribution in [0.5, 0.6) is 0 Å². The van der Waals surface area contributed by atoms with Crippen LogP contribution in [-0.4, -0.2) is 27.5 Å². The molecule has 0 aromatic rings. The molecule has 2 rings (SSSR count). The van der Waals surface area contributed by atoms with Gasteiger partial charge in [0, 0.05) is 6.04 Å². The molecule has 12 heavy (non-hydrogen) atoms. The van der Waals surface area contributed by atoms with Gasteiger partial charge in [-0.2, -0.15) is 0 Å². The topological polar surface area (TPSA) is 66.5 Å². The number of hydrogen-bond acceptors (Lipinski definition) is 3. The van der Waals surface area contributed by atoms with Crippen molar-refractivity contribution in [3.05, 3.63) is 0 Å². The predicted octanol–water partition coefficient (Wildman–Crippen LogP) is 0.175. The molecule has 0 saturated heterocycles. The van der Waals surface area contributed by atoms with Crippen LogP contribution in [0.1, 0.15) is 32.1 Å². The maximum Gasteiger partial charge on any atom is 0.0962 e. The Hall–Kier alpha value is 0.170. The third kappa shape index (κ3) is 1.16. The minimum Gasteiger partial charge on any atom is -0.387 e. The van der Waals surface area contributed by atoms with Gasteiger partial charge in [-0.25, -0.2) is 0 Å². The summed E-state index contributed by atoms with van der Waals surface area (Å²) in [5, 5.41) is 19.6. The minimum atomic E-state index is -0.843. The molecule has 0 unspecified atom stereocenters. The van der Waals surface area contributed by atoms with Gasteiger partial charge in [0.25, 0.3) is 0 Å². The summed E-state index contributed by atoms with van der Waals surface area (Å²) in [4.78, 5) is 0. The highest BCUT2D eigenvalue weighted by molar-refractivity contribution is 5.85. The molecule has 0 bridgehead atoms. The van der Waals surface area contributed by atoms with Gasteiger partial charge >= 0.3 is 0 Å². The van der Waals surface area contributed by atoms with E-state index in [1.165, 1.54) is 0 Å². The molecule has 0 heterocycles. The van der Waals surface area contributed by atoms with Crippen LogP contribution in [0, 0.1) is 0 Å². The van der Waals surface area contributed by atoms with Gasteiger partial charge in [0.05, 0.1) is 11.2 Å². The van der Waals surface area contributed by atoms with E-state index in [1.807, 2.05) is 0 Å². The van der Waals surface area contributed by atoms with Crippen LogP contribution in [-0.2, 0) is 0 Å². The molecule has 4 heteroatoms. The van der Waals surface area contributed by atoms with Gasteiger partial charge in [-0.05, 0) is 32.1 Å². The summed E-state index contributed by atoms with van der Waals surface area (Å²) < 4.78 is 0. The van der Waals surface area contributed by atoms with Gasteiger partial charge in [-0.3, -0.25) is 0 Å². The number of hydrogen-bond donors (Lipinski definition) is 3. The summed E-state index contributed by atoms with van der Waals surface area (Å²) in [7, 11) is 0. The monoisotopic (exact) mass is 193 g/mol. The minimum absolute atomic E-state index is 0. The van der Waals surface area contributed by atoms with E-state index in [0.717, 1.165) is 19.3 Å². The Bertz CT molecular complexity index is 176. The largest absolute Gasteiger partial charge is 0.387 e. The van der Waals surface area contributed by atoms with Gasteiger partial charge in [0.2, 0.25) is 0 Å². The fourth-order valence-corrected chi connectivity index (χ4v) is 2.16. The molecule has 0 aromatic heterocycles. The van der Waals surface area contributed by atoms with Crippen LogP contribution >= 0.6 is 12.4 Å². The zero-order chi connectivity index (χ0) is 8.11. The Morgan fingerprint density at radius 3 is 1.83 bits per heavy atom. The van der Waals surface area contributed by atoms with E-state index in [-0.39, 0.29) is 18.4 Å². The quantitative estimate of drug-likeness (QED) is 0.557. The summed E-state index contributed by atoms with van der Waals surface area (Å²) in [5.41, 5.74) is 3.93. The Morgan fingerprint density at radius 1 is 1.08 bits per heavy atom. The van der Waals surface area contributed by atoms with Crippen LogP contribution in [0.25, 0.3) is 0 Å². The van der Waals surface area contributed by atoms with Crippen LogP contribution in [0.2, 0.25) is 0 Å². The Kier molecular flexibility index (Phi) is 2.43. The van der Waals surface area contributed by atoms with Gasteiger partial charge in [-0.1, -0.05) is 0 Å². The second kappa shape index (κ2) is 2.84. The average Bonchev–Trinajstić information content (AvgIpc) is 1.79. The SMILES string of the molecule is Cl.NC1CC(O)(C2(O)CCC2)C1. The molecule has 2 saturated carbocycles. The lowest BCUT2D eigenvalue weighted by Gasteiger charge is -2.56. The molecule has 4 N–H and O–H groups in total. The summed E-state index contributed by atoms with van der Waals surface area (Å²) in [5.74, 6) is 0. The van der Waals surface area contributed by atoms with E-state index in [1.54, 1.807) is 0 Å². The van der Waals surface area contributed by atoms with Crippen molar-refractivity contribution >= 4 is 12.4 Å². The Labute approximate surface area is 78.4 Å². The summed E-state index contributed by atoms with van der Waals surface area (Å²) >= 11 is 0. The predicted molar refractivity (Wildman–Crippen MR) is 48.2 cm³/mol. The van der Waals surface area contributed by atoms with Crippen molar-refractivity contribution in [1.29, 1.82) is 0 Å². The molecule has 2 fully saturated rings. The molecule has 0 amide bonds. The van der Waals surface area contributed by atoms with Crippen molar-refractivity contribution < 1.29 is 10.2 Å². The van der Waals surface area contributed by atoms with Crippen molar-refractivity contribution in [1.82, 2.24) is 0 Å². The second-order valence-electron chi connectivity index (χ2n) is 4.09. The molecule has 72 valence electrons. The molecule has 3 nitrogen and oxygen atoms in total. The molecule has 0 spiro atoms. The highest BCUT2D eigenvalue weighted by Gasteiger charge is 2.58. The van der Waals surface area contributed by atoms with Gasteiger partial charge in [0.1, 0.15) is 0 Å². The summed E-state index contributed by atoms with van der Waals surface area (Å²) in [6, 6.07) is 0.102. The first-order valence-corrected chi connectivity index (χ1v) is 4.26. The molecule has 0 aromatic carbocycles. The van der Waals surface area contributed by atoms with Crippen LogP contribution < -0.4 is 5.73 Å². The fraction of sp³-hybridized carbons (Fsp3) is 1.00. The zero-order valence-corrected chi connectivity index (χ0v) is 7.81. The average molecular weight is 194 g/mol. The van der Waals surface area contributed by atoms with Gasteiger partial charge in [0.15, 0.2) is 0 Å². The van der Waals surface area contributed by atoms with Gasteiger partial charge in [-0.15, -0.1) is 12.4 Å². The number of halogens is 1. The van der Waals surface area contributed by atoms with E-state index in [2.05, 4.69) is 0 Å². The normalized spacial score (nSPS) is 43.8. The molecular formula is C8H16ClNO2. The van der Waals surface area contributed by atoms with Crippen molar-refractivity contribution in [3.8, 4) is 0 Å². The first-order valence-electron chi connectivity index (χ1n) is 4.26. The number of aliphatic hydroxyl groups is 2. The lowest BCUT2D eigenvalue weighted by atomic mass is 9.58. The first-order chi connectivity index (χ1) is 5.06. The van der Waals surface area contributed by atoms with E-state index < -0.39 is 11.2 Å². The molecule has 0 radical (unpaired) electrons. The number of rotatable bonds is 1. The third-order valence-corrected chi connectivity index (χ3v) is 3.25. The van der Waals surface area contributed by atoms with Crippen molar-refractivity contribution in [2.24, 2.45) is 5.73 Å². The van der Waals surface area contributed by atoms with Crippen molar-refractivity contribution in [3.63, 3.8) is 0 Å². The zero-order valence-electron chi connectivity index (χ0n) is 6.99. The van der Waals surface area contributed by atoms with Crippen LogP contribution in [0.15, 0.2) is 0 Å². The molecule has 0 aliphatic heterocycles. The van der Waals surface area contributed by atoms with E-state index in [4.69, 9.17) is 5.73 Å². The van der Waals surface area contributed by atoms with Gasteiger partial charge < -0.3 is 15.9 Å². The Balaban J connectivity index is 0.000000720. The molecule has 0 atom stereocenters. The number of nitrogens with two attached hydrogens (primary N) is 1. The maximum absolute atomic E-state index is 9.83. The fourth-order valence-electron chi connectivity index (χ4n) is 2.16. The van der Waals surface area contributed by atoms with Crippen LogP contribution in [0.3, 0.4) is 0 Å². The first kappa shape index (κ1) is 10.3. The maximum atomic E-state index is 9.83. The summed E-state index contributed by atoms with van der Waals surface area (Å²) in [6.07, 6.45) is 3.67. The molecule has 2 aliphatic rings. The summed E-state index contributed by atoms with van der Waals surface area (Å²) in [6.45, 7) is 0. The van der Waals surface area contributed by atoms with E-state index >= 15 is 0 Å². The third-order valence-electron chi connectivity index (χ3n) is 3.25. The second-order valence-corrected chi connectivity index (χ2v) is 4.09. The highest BCUT2D eigenvalue weighted by atomic mass is 35.5. The highest BCUT2D eigenvalue weighted by Crippen LogP contribution is 2.49. The van der Waals surface area contributed by atoms with E-state index in [0.29, 0.717) is 12.8 Å². The van der Waals surface area contributed by atoms with Crippen molar-refractivity contribution in [2.75, 3.05) is 0 Å². The van der Waals surface area contributed by atoms with Crippen molar-refractivity contribution in [2.45, 2.75) is 49.3 Å². The Morgan fingerprint density at radius 2 is 1.58 bits per heavy atom.